The molecular formula is C8H9NO2S. The van der Waals surface area contributed by atoms with E-state index in [9.17, 15) is 9.90 Å². The van der Waals surface area contributed by atoms with Crippen LogP contribution in [-0.2, 0) is 6.54 Å². The van der Waals surface area contributed by atoms with Crippen molar-refractivity contribution in [1.29, 1.82) is 0 Å². The standard InChI is InChI=1S/C8H9NO2S/c10-8(11)7-1-3-9(4-2-7)5-6-12/h1-4H,5-6H2,(H-,10,11,12). The Kier molecular flexibility index (Phi) is 3.10. The summed E-state index contributed by atoms with van der Waals surface area (Å²) >= 11 is 4.05. The van der Waals surface area contributed by atoms with E-state index >= 15 is 0 Å². The van der Waals surface area contributed by atoms with E-state index in [0.29, 0.717) is 0 Å². The number of thiol groups is 1. The predicted octanol–water partition coefficient (Wildman–Crippen LogP) is -0.733. The lowest BCUT2D eigenvalue weighted by Gasteiger charge is -1.99. The Balaban J connectivity index is 2.78. The lowest BCUT2D eigenvalue weighted by Crippen LogP contribution is -2.34. The summed E-state index contributed by atoms with van der Waals surface area (Å²) < 4.78 is 1.86. The third kappa shape index (κ3) is 2.23. The zero-order chi connectivity index (χ0) is 8.97. The Bertz CT molecular complexity index is 271. The summed E-state index contributed by atoms with van der Waals surface area (Å²) in [6.07, 6.45) is 3.39. The molecule has 0 aliphatic heterocycles. The maximum Gasteiger partial charge on any atom is 0.169 e. The van der Waals surface area contributed by atoms with Crippen LogP contribution in [0.2, 0.25) is 0 Å². The summed E-state index contributed by atoms with van der Waals surface area (Å²) in [6.45, 7) is 0.774. The molecule has 0 amide bonds. The van der Waals surface area contributed by atoms with Gasteiger partial charge in [0.05, 0.1) is 5.97 Å². The SMILES string of the molecule is O=C([O-])c1cc[n+](CCS)cc1. The number of carbonyl (C=O) groups excluding carboxylic acids is 1. The van der Waals surface area contributed by atoms with E-state index in [1.165, 1.54) is 12.1 Å². The van der Waals surface area contributed by atoms with Crippen molar-refractivity contribution in [3.63, 3.8) is 0 Å². The molecule has 0 N–H and O–H groups in total. The first-order valence-electron chi connectivity index (χ1n) is 3.55. The van der Waals surface area contributed by atoms with Gasteiger partial charge in [0.1, 0.15) is 0 Å². The molecule has 3 nitrogen and oxygen atoms in total. The average molecular weight is 183 g/mol. The molecule has 0 fully saturated rings. The number of rotatable bonds is 3. The van der Waals surface area contributed by atoms with Crippen LogP contribution in [0.4, 0.5) is 0 Å². The van der Waals surface area contributed by atoms with Crippen molar-refractivity contribution in [2.75, 3.05) is 5.75 Å². The van der Waals surface area contributed by atoms with Gasteiger partial charge in [-0.2, -0.15) is 12.6 Å². The number of pyridine rings is 1. The molecule has 0 atom stereocenters. The summed E-state index contributed by atoms with van der Waals surface area (Å²) in [6, 6.07) is 3.03. The topological polar surface area (TPSA) is 44.0 Å². The summed E-state index contributed by atoms with van der Waals surface area (Å²) in [5.74, 6) is -0.414. The Morgan fingerprint density at radius 1 is 1.50 bits per heavy atom. The lowest BCUT2D eigenvalue weighted by molar-refractivity contribution is -0.692. The Labute approximate surface area is 76.1 Å². The molecule has 0 aromatic carbocycles. The normalized spacial score (nSPS) is 9.75. The van der Waals surface area contributed by atoms with E-state index in [0.717, 1.165) is 12.3 Å². The number of aryl methyl sites for hydroxylation is 1. The number of nitrogens with zero attached hydrogens (tertiary/aromatic N) is 1. The number of hydrogen-bond donors (Lipinski definition) is 1. The fraction of sp³-hybridized carbons (Fsp3) is 0.250. The second-order valence-electron chi connectivity index (χ2n) is 2.34. The van der Waals surface area contributed by atoms with E-state index in [2.05, 4.69) is 12.6 Å². The van der Waals surface area contributed by atoms with E-state index in [-0.39, 0.29) is 5.56 Å². The first-order chi connectivity index (χ1) is 5.74. The largest absolute Gasteiger partial charge is 0.545 e. The minimum Gasteiger partial charge on any atom is -0.545 e. The third-order valence-corrected chi connectivity index (χ3v) is 1.69. The summed E-state index contributed by atoms with van der Waals surface area (Å²) in [4.78, 5) is 10.3. The van der Waals surface area contributed by atoms with Crippen molar-refractivity contribution < 1.29 is 14.5 Å². The van der Waals surface area contributed by atoms with Gasteiger partial charge in [0, 0.05) is 23.4 Å². The molecule has 12 heavy (non-hydrogen) atoms. The molecule has 0 aliphatic carbocycles. The number of carbonyl (C=O) groups is 1. The van der Waals surface area contributed by atoms with Crippen LogP contribution in [0.5, 0.6) is 0 Å². The Morgan fingerprint density at radius 3 is 2.50 bits per heavy atom. The van der Waals surface area contributed by atoms with E-state index in [1.54, 1.807) is 12.4 Å². The van der Waals surface area contributed by atoms with E-state index in [4.69, 9.17) is 0 Å². The van der Waals surface area contributed by atoms with Crippen molar-refractivity contribution in [2.45, 2.75) is 6.54 Å². The maximum absolute atomic E-state index is 10.3. The van der Waals surface area contributed by atoms with Crippen LogP contribution in [0.25, 0.3) is 0 Å². The highest BCUT2D eigenvalue weighted by Crippen LogP contribution is 1.91. The molecule has 0 spiro atoms. The maximum atomic E-state index is 10.3. The van der Waals surface area contributed by atoms with Crippen molar-refractivity contribution in [2.24, 2.45) is 0 Å². The molecule has 0 bridgehead atoms. The number of aromatic nitrogens is 1. The summed E-state index contributed by atoms with van der Waals surface area (Å²) in [5.41, 5.74) is 0.199. The van der Waals surface area contributed by atoms with Gasteiger partial charge in [-0.1, -0.05) is 0 Å². The monoisotopic (exact) mass is 183 g/mol. The van der Waals surface area contributed by atoms with Gasteiger partial charge in [-0.15, -0.1) is 0 Å². The zero-order valence-electron chi connectivity index (χ0n) is 6.43. The Morgan fingerprint density at radius 2 is 2.08 bits per heavy atom. The van der Waals surface area contributed by atoms with Crippen LogP contribution >= 0.6 is 12.6 Å². The third-order valence-electron chi connectivity index (χ3n) is 1.49. The van der Waals surface area contributed by atoms with Gasteiger partial charge >= 0.3 is 0 Å². The van der Waals surface area contributed by atoms with Gasteiger partial charge in [0.15, 0.2) is 18.9 Å². The predicted molar refractivity (Wildman–Crippen MR) is 44.8 cm³/mol. The fourth-order valence-corrected chi connectivity index (χ4v) is 1.09. The van der Waals surface area contributed by atoms with Crippen molar-refractivity contribution in [3.8, 4) is 0 Å². The minimum absolute atomic E-state index is 0.199. The first-order valence-corrected chi connectivity index (χ1v) is 4.18. The zero-order valence-corrected chi connectivity index (χ0v) is 7.33. The molecule has 1 aromatic rings. The van der Waals surface area contributed by atoms with Crippen LogP contribution in [0.3, 0.4) is 0 Å². The highest BCUT2D eigenvalue weighted by atomic mass is 32.1. The van der Waals surface area contributed by atoms with Crippen LogP contribution in [-0.4, -0.2) is 11.7 Å². The molecule has 64 valence electrons. The van der Waals surface area contributed by atoms with Crippen LogP contribution in [0.1, 0.15) is 10.4 Å². The minimum atomic E-state index is -1.15. The van der Waals surface area contributed by atoms with Gasteiger partial charge < -0.3 is 9.90 Å². The van der Waals surface area contributed by atoms with Crippen molar-refractivity contribution >= 4 is 18.6 Å². The highest BCUT2D eigenvalue weighted by Gasteiger charge is 1.98. The fourth-order valence-electron chi connectivity index (χ4n) is 0.858. The second-order valence-corrected chi connectivity index (χ2v) is 2.78. The molecule has 1 heterocycles. The second kappa shape index (κ2) is 4.11. The number of carboxylic acid groups (broad SMARTS) is 1. The highest BCUT2D eigenvalue weighted by molar-refractivity contribution is 7.80. The molecule has 0 saturated heterocycles. The molecule has 0 radical (unpaired) electrons. The molecule has 0 saturated carbocycles. The molecule has 0 aliphatic rings. The van der Waals surface area contributed by atoms with Gasteiger partial charge in [-0.05, 0) is 0 Å². The van der Waals surface area contributed by atoms with E-state index in [1.807, 2.05) is 4.57 Å². The van der Waals surface area contributed by atoms with Crippen LogP contribution in [0, 0.1) is 0 Å². The van der Waals surface area contributed by atoms with Gasteiger partial charge in [0.2, 0.25) is 0 Å². The average Bonchev–Trinajstić information content (AvgIpc) is 2.06. The molecule has 0 unspecified atom stereocenters. The quantitative estimate of drug-likeness (QED) is 0.496. The van der Waals surface area contributed by atoms with Crippen LogP contribution < -0.4 is 9.67 Å². The smallest absolute Gasteiger partial charge is 0.169 e. The van der Waals surface area contributed by atoms with Crippen LogP contribution in [0.15, 0.2) is 24.5 Å². The van der Waals surface area contributed by atoms with Crippen molar-refractivity contribution in [1.82, 2.24) is 0 Å². The Hall–Kier alpha value is -1.03. The molecule has 1 aromatic heterocycles. The number of carboxylic acids is 1. The van der Waals surface area contributed by atoms with Crippen molar-refractivity contribution in [3.05, 3.63) is 30.1 Å². The number of hydrogen-bond acceptors (Lipinski definition) is 3. The molecule has 4 heteroatoms. The van der Waals surface area contributed by atoms with Gasteiger partial charge in [0.25, 0.3) is 0 Å². The number of aromatic carboxylic acids is 1. The lowest BCUT2D eigenvalue weighted by atomic mass is 10.3. The van der Waals surface area contributed by atoms with Gasteiger partial charge in [-0.3, -0.25) is 0 Å². The van der Waals surface area contributed by atoms with E-state index < -0.39 is 5.97 Å². The summed E-state index contributed by atoms with van der Waals surface area (Å²) in [7, 11) is 0. The van der Waals surface area contributed by atoms with Gasteiger partial charge in [-0.25, -0.2) is 4.57 Å². The first kappa shape index (κ1) is 9.06. The molecule has 1 rings (SSSR count). The molecular weight excluding hydrogens is 174 g/mol. The summed E-state index contributed by atoms with van der Waals surface area (Å²) in [5, 5.41) is 10.3.